The Morgan fingerprint density at radius 1 is 1.10 bits per heavy atom. The monoisotopic (exact) mass is 279 g/mol. The number of hydrogen-bond acceptors (Lipinski definition) is 3. The zero-order valence-corrected chi connectivity index (χ0v) is 11.4. The molecule has 3 aromatic rings. The number of aryl methyl sites for hydroxylation is 1. The van der Waals surface area contributed by atoms with Gasteiger partial charge in [-0.25, -0.2) is 14.4 Å². The highest BCUT2D eigenvalue weighted by Crippen LogP contribution is 2.35. The third kappa shape index (κ3) is 2.13. The summed E-state index contributed by atoms with van der Waals surface area (Å²) >= 11 is 0. The maximum Gasteiger partial charge on any atom is 0.137 e. The van der Waals surface area contributed by atoms with Crippen LogP contribution in [-0.2, 0) is 6.42 Å². The van der Waals surface area contributed by atoms with E-state index >= 15 is 0 Å². The molecular weight excluding hydrogens is 265 g/mol. The van der Waals surface area contributed by atoms with Crippen LogP contribution in [-0.4, -0.2) is 9.97 Å². The van der Waals surface area contributed by atoms with E-state index < -0.39 is 0 Å². The van der Waals surface area contributed by atoms with E-state index in [4.69, 9.17) is 0 Å². The topological polar surface area (TPSA) is 37.8 Å². The van der Waals surface area contributed by atoms with Crippen molar-refractivity contribution >= 4 is 16.7 Å². The summed E-state index contributed by atoms with van der Waals surface area (Å²) in [6.45, 7) is 0. The smallest absolute Gasteiger partial charge is 0.137 e. The highest BCUT2D eigenvalue weighted by molar-refractivity contribution is 5.88. The van der Waals surface area contributed by atoms with Crippen LogP contribution < -0.4 is 5.32 Å². The minimum atomic E-state index is -0.185. The number of fused-ring (bicyclic) bond motifs is 2. The average molecular weight is 279 g/mol. The molecule has 1 aliphatic rings. The molecule has 104 valence electrons. The first-order valence-corrected chi connectivity index (χ1v) is 7.06. The molecule has 21 heavy (non-hydrogen) atoms. The number of rotatable bonds is 2. The first-order valence-electron chi connectivity index (χ1n) is 7.06. The van der Waals surface area contributed by atoms with Crippen molar-refractivity contribution in [2.75, 3.05) is 5.32 Å². The molecule has 0 aliphatic heterocycles. The zero-order valence-electron chi connectivity index (χ0n) is 11.4. The number of hydrogen-bond donors (Lipinski definition) is 1. The van der Waals surface area contributed by atoms with E-state index in [1.54, 1.807) is 12.4 Å². The quantitative estimate of drug-likeness (QED) is 0.774. The molecule has 1 N–H and O–H groups in total. The number of aromatic nitrogens is 2. The predicted octanol–water partition coefficient (Wildman–Crippen LogP) is 3.87. The van der Waals surface area contributed by atoms with Crippen molar-refractivity contribution in [1.29, 1.82) is 0 Å². The van der Waals surface area contributed by atoms with Crippen LogP contribution in [0.15, 0.2) is 48.8 Å². The summed E-state index contributed by atoms with van der Waals surface area (Å²) in [5.41, 5.74) is 3.16. The molecule has 4 rings (SSSR count). The van der Waals surface area contributed by atoms with Crippen LogP contribution in [0.4, 0.5) is 10.2 Å². The van der Waals surface area contributed by atoms with Gasteiger partial charge in [0.1, 0.15) is 18.0 Å². The fraction of sp³-hybridized carbons (Fsp3) is 0.176. The van der Waals surface area contributed by atoms with Gasteiger partial charge in [0.05, 0.1) is 11.6 Å². The van der Waals surface area contributed by atoms with Gasteiger partial charge in [-0.05, 0) is 48.2 Å². The Labute approximate surface area is 121 Å². The first kappa shape index (κ1) is 12.3. The molecule has 1 unspecified atom stereocenters. The highest BCUT2D eigenvalue weighted by Gasteiger charge is 2.23. The van der Waals surface area contributed by atoms with Crippen LogP contribution in [0.25, 0.3) is 10.9 Å². The zero-order chi connectivity index (χ0) is 14.2. The molecule has 0 saturated carbocycles. The summed E-state index contributed by atoms with van der Waals surface area (Å²) in [5.74, 6) is 0.623. The van der Waals surface area contributed by atoms with Gasteiger partial charge in [-0.1, -0.05) is 18.2 Å². The van der Waals surface area contributed by atoms with Crippen LogP contribution in [0, 0.1) is 5.82 Å². The van der Waals surface area contributed by atoms with Crippen molar-refractivity contribution in [3.8, 4) is 0 Å². The molecule has 2 aromatic carbocycles. The summed E-state index contributed by atoms with van der Waals surface area (Å²) in [6.07, 6.45) is 3.49. The standard InChI is InChI=1S/C17H14FN3/c18-12-7-5-11-6-8-16(14(11)9-12)21-17-13-3-1-2-4-15(13)19-10-20-17/h1-5,7,9-10,16H,6,8H2,(H,19,20,21). The molecule has 1 aromatic heterocycles. The fourth-order valence-electron chi connectivity index (χ4n) is 3.01. The van der Waals surface area contributed by atoms with Crippen molar-refractivity contribution in [3.63, 3.8) is 0 Å². The Balaban J connectivity index is 1.73. The second-order valence-corrected chi connectivity index (χ2v) is 5.32. The minimum absolute atomic E-state index is 0.106. The lowest BCUT2D eigenvalue weighted by molar-refractivity contribution is 0.624. The summed E-state index contributed by atoms with van der Waals surface area (Å²) in [6, 6.07) is 13.0. The van der Waals surface area contributed by atoms with Crippen molar-refractivity contribution in [2.45, 2.75) is 18.9 Å². The molecule has 3 nitrogen and oxygen atoms in total. The Kier molecular flexibility index (Phi) is 2.81. The first-order chi connectivity index (χ1) is 10.3. The van der Waals surface area contributed by atoms with Gasteiger partial charge in [0, 0.05) is 5.39 Å². The lowest BCUT2D eigenvalue weighted by Crippen LogP contribution is -2.09. The van der Waals surface area contributed by atoms with Gasteiger partial charge in [-0.2, -0.15) is 0 Å². The summed E-state index contributed by atoms with van der Waals surface area (Å²) in [5, 5.41) is 4.44. The molecule has 0 bridgehead atoms. The molecule has 0 saturated heterocycles. The Bertz CT molecular complexity index is 811. The fourth-order valence-corrected chi connectivity index (χ4v) is 3.01. The summed E-state index contributed by atoms with van der Waals surface area (Å²) in [4.78, 5) is 8.61. The van der Waals surface area contributed by atoms with E-state index in [0.717, 1.165) is 35.1 Å². The van der Waals surface area contributed by atoms with Gasteiger partial charge >= 0.3 is 0 Å². The molecule has 1 aliphatic carbocycles. The normalized spacial score (nSPS) is 16.9. The Morgan fingerprint density at radius 3 is 2.95 bits per heavy atom. The van der Waals surface area contributed by atoms with E-state index in [0.29, 0.717) is 0 Å². The number of para-hydroxylation sites is 1. The lowest BCUT2D eigenvalue weighted by atomic mass is 10.1. The molecule has 0 radical (unpaired) electrons. The van der Waals surface area contributed by atoms with Crippen LogP contribution in [0.5, 0.6) is 0 Å². The van der Waals surface area contributed by atoms with Gasteiger partial charge in [-0.3, -0.25) is 0 Å². The van der Waals surface area contributed by atoms with Crippen molar-refractivity contribution in [2.24, 2.45) is 0 Å². The van der Waals surface area contributed by atoms with Crippen LogP contribution in [0.3, 0.4) is 0 Å². The van der Waals surface area contributed by atoms with Gasteiger partial charge in [0.2, 0.25) is 0 Å². The van der Waals surface area contributed by atoms with Gasteiger partial charge in [0.25, 0.3) is 0 Å². The average Bonchev–Trinajstić information content (AvgIpc) is 2.90. The number of benzene rings is 2. The second kappa shape index (κ2) is 4.81. The molecule has 0 spiro atoms. The number of anilines is 1. The molecule has 0 fully saturated rings. The van der Waals surface area contributed by atoms with Gasteiger partial charge in [-0.15, -0.1) is 0 Å². The van der Waals surface area contributed by atoms with Gasteiger partial charge in [0.15, 0.2) is 0 Å². The van der Waals surface area contributed by atoms with Crippen molar-refractivity contribution < 1.29 is 4.39 Å². The maximum atomic E-state index is 13.5. The third-order valence-electron chi connectivity index (χ3n) is 4.04. The predicted molar refractivity (Wildman–Crippen MR) is 80.6 cm³/mol. The van der Waals surface area contributed by atoms with Crippen molar-refractivity contribution in [1.82, 2.24) is 9.97 Å². The molecule has 0 amide bonds. The van der Waals surface area contributed by atoms with E-state index in [1.165, 1.54) is 11.6 Å². The van der Waals surface area contributed by atoms with Crippen molar-refractivity contribution in [3.05, 3.63) is 65.7 Å². The van der Waals surface area contributed by atoms with E-state index in [1.807, 2.05) is 30.3 Å². The van der Waals surface area contributed by atoms with E-state index in [2.05, 4.69) is 15.3 Å². The molecule has 4 heteroatoms. The largest absolute Gasteiger partial charge is 0.363 e. The SMILES string of the molecule is Fc1ccc2c(c1)C(Nc1ncnc3ccccc13)CC2. The third-order valence-corrected chi connectivity index (χ3v) is 4.04. The maximum absolute atomic E-state index is 13.5. The lowest BCUT2D eigenvalue weighted by Gasteiger charge is -2.16. The summed E-state index contributed by atoms with van der Waals surface area (Å²) in [7, 11) is 0. The molecule has 1 atom stereocenters. The van der Waals surface area contributed by atoms with Crippen LogP contribution >= 0.6 is 0 Å². The Hall–Kier alpha value is -2.49. The van der Waals surface area contributed by atoms with Crippen LogP contribution in [0.2, 0.25) is 0 Å². The highest BCUT2D eigenvalue weighted by atomic mass is 19.1. The Morgan fingerprint density at radius 2 is 2.00 bits per heavy atom. The number of nitrogens with one attached hydrogen (secondary N) is 1. The minimum Gasteiger partial charge on any atom is -0.363 e. The van der Waals surface area contributed by atoms with E-state index in [-0.39, 0.29) is 11.9 Å². The molecular formula is C17H14FN3. The second-order valence-electron chi connectivity index (χ2n) is 5.32. The molecule has 1 heterocycles. The number of halogens is 1. The number of nitrogens with zero attached hydrogens (tertiary/aromatic N) is 2. The van der Waals surface area contributed by atoms with E-state index in [9.17, 15) is 4.39 Å². The van der Waals surface area contributed by atoms with Gasteiger partial charge < -0.3 is 5.32 Å². The summed E-state index contributed by atoms with van der Waals surface area (Å²) < 4.78 is 13.5. The van der Waals surface area contributed by atoms with Crippen LogP contribution in [0.1, 0.15) is 23.6 Å².